The van der Waals surface area contributed by atoms with E-state index in [2.05, 4.69) is 40.6 Å². The van der Waals surface area contributed by atoms with Gasteiger partial charge in [0.2, 0.25) is 5.91 Å². The van der Waals surface area contributed by atoms with Crippen LogP contribution >= 0.6 is 0 Å². The lowest BCUT2D eigenvalue weighted by Gasteiger charge is -2.32. The third kappa shape index (κ3) is 4.40. The van der Waals surface area contributed by atoms with Gasteiger partial charge in [-0.3, -0.25) is 4.79 Å². The fourth-order valence-electron chi connectivity index (χ4n) is 4.47. The highest BCUT2D eigenvalue weighted by molar-refractivity contribution is 5.90. The van der Waals surface area contributed by atoms with E-state index in [0.717, 1.165) is 34.5 Å². The van der Waals surface area contributed by atoms with E-state index in [1.165, 1.54) is 0 Å². The molecule has 1 aliphatic heterocycles. The molecule has 0 fully saturated rings. The molecule has 1 amide bonds. The van der Waals surface area contributed by atoms with Gasteiger partial charge in [0.15, 0.2) is 11.5 Å². The molecule has 5 nitrogen and oxygen atoms in total. The Morgan fingerprint density at radius 3 is 2.21 bits per heavy atom. The fraction of sp³-hybridized carbons (Fsp3) is 0.214. The third-order valence-electron chi connectivity index (χ3n) is 5.91. The fourth-order valence-corrected chi connectivity index (χ4v) is 4.47. The normalized spacial score (nSPS) is 16.0. The maximum absolute atomic E-state index is 12.0. The van der Waals surface area contributed by atoms with Crippen LogP contribution in [0.25, 0.3) is 0 Å². The molecule has 0 radical (unpaired) electrons. The lowest BCUT2D eigenvalue weighted by atomic mass is 9.80. The molecule has 1 aliphatic rings. The van der Waals surface area contributed by atoms with E-state index < -0.39 is 5.54 Å². The maximum atomic E-state index is 12.0. The highest BCUT2D eigenvalue weighted by Gasteiger charge is 2.46. The van der Waals surface area contributed by atoms with Crippen molar-refractivity contribution >= 4 is 17.6 Å². The smallest absolute Gasteiger partial charge is 0.224 e. The van der Waals surface area contributed by atoms with Gasteiger partial charge in [-0.2, -0.15) is 0 Å². The summed E-state index contributed by atoms with van der Waals surface area (Å²) in [6.07, 6.45) is 3.42. The first-order valence-corrected chi connectivity index (χ1v) is 11.4. The Hall–Kier alpha value is -3.86. The lowest BCUT2D eigenvalue weighted by molar-refractivity contribution is -0.116. The molecule has 5 heteroatoms. The van der Waals surface area contributed by atoms with E-state index in [4.69, 9.17) is 10.7 Å². The molecule has 0 spiro atoms. The van der Waals surface area contributed by atoms with Gasteiger partial charge >= 0.3 is 0 Å². The largest absolute Gasteiger partial charge is 0.369 e. The van der Waals surface area contributed by atoms with Crippen LogP contribution in [-0.2, 0) is 16.9 Å². The van der Waals surface area contributed by atoms with Gasteiger partial charge in [0, 0.05) is 12.1 Å². The second-order valence-electron chi connectivity index (χ2n) is 8.17. The van der Waals surface area contributed by atoms with E-state index in [-0.39, 0.29) is 5.91 Å². The van der Waals surface area contributed by atoms with Crippen molar-refractivity contribution in [3.63, 3.8) is 0 Å². The Kier molecular flexibility index (Phi) is 6.59. The predicted octanol–water partition coefficient (Wildman–Crippen LogP) is 5.40. The van der Waals surface area contributed by atoms with E-state index in [0.29, 0.717) is 18.9 Å². The van der Waals surface area contributed by atoms with Gasteiger partial charge in [-0.1, -0.05) is 85.8 Å². The molecule has 33 heavy (non-hydrogen) atoms. The Morgan fingerprint density at radius 1 is 1.00 bits per heavy atom. The van der Waals surface area contributed by atoms with Gasteiger partial charge < -0.3 is 16.0 Å². The molecular formula is C28H30N4O. The van der Waals surface area contributed by atoms with Crippen molar-refractivity contribution in [2.24, 2.45) is 10.7 Å². The average Bonchev–Trinajstić information content (AvgIpc) is 3.12. The monoisotopic (exact) mass is 438 g/mol. The SMILES string of the molecule is C/C=C1/N(Cc2cccc(NC(=O)CCC)c2)C(N)=NC1(c1ccccc1)c1ccccc1. The number of nitrogens with one attached hydrogen (secondary N) is 1. The molecule has 0 unspecified atom stereocenters. The van der Waals surface area contributed by atoms with Crippen LogP contribution in [0.1, 0.15) is 43.4 Å². The van der Waals surface area contributed by atoms with Gasteiger partial charge in [-0.15, -0.1) is 0 Å². The minimum Gasteiger partial charge on any atom is -0.369 e. The summed E-state index contributed by atoms with van der Waals surface area (Å²) in [6.45, 7) is 4.57. The number of guanidine groups is 1. The number of benzene rings is 3. The van der Waals surface area contributed by atoms with Gasteiger partial charge in [0.1, 0.15) is 0 Å². The van der Waals surface area contributed by atoms with Crippen molar-refractivity contribution in [3.05, 3.63) is 113 Å². The molecule has 4 rings (SSSR count). The van der Waals surface area contributed by atoms with E-state index in [9.17, 15) is 4.79 Å². The summed E-state index contributed by atoms with van der Waals surface area (Å²) in [7, 11) is 0. The van der Waals surface area contributed by atoms with Crippen LogP contribution in [0.5, 0.6) is 0 Å². The van der Waals surface area contributed by atoms with Gasteiger partial charge in [0.25, 0.3) is 0 Å². The van der Waals surface area contributed by atoms with Crippen LogP contribution in [0.4, 0.5) is 5.69 Å². The Balaban J connectivity index is 1.71. The molecule has 1 heterocycles. The second kappa shape index (κ2) is 9.74. The molecule has 0 bridgehead atoms. The third-order valence-corrected chi connectivity index (χ3v) is 5.91. The average molecular weight is 439 g/mol. The summed E-state index contributed by atoms with van der Waals surface area (Å²) in [6, 6.07) is 28.4. The van der Waals surface area contributed by atoms with Gasteiger partial charge in [-0.05, 0) is 42.2 Å². The molecule has 0 saturated heterocycles. The molecule has 3 aromatic carbocycles. The molecule has 168 valence electrons. The summed E-state index contributed by atoms with van der Waals surface area (Å²) in [5, 5.41) is 2.98. The quantitative estimate of drug-likeness (QED) is 0.519. The van der Waals surface area contributed by atoms with Crippen molar-refractivity contribution in [1.82, 2.24) is 4.90 Å². The summed E-state index contributed by atoms with van der Waals surface area (Å²) >= 11 is 0. The highest BCUT2D eigenvalue weighted by atomic mass is 16.1. The first-order chi connectivity index (χ1) is 16.1. The number of nitrogens with zero attached hydrogens (tertiary/aromatic N) is 2. The number of anilines is 1. The van der Waals surface area contributed by atoms with E-state index in [1.807, 2.05) is 74.5 Å². The zero-order chi connectivity index (χ0) is 23.3. The zero-order valence-corrected chi connectivity index (χ0v) is 19.2. The van der Waals surface area contributed by atoms with Crippen LogP contribution in [-0.4, -0.2) is 16.8 Å². The van der Waals surface area contributed by atoms with Crippen LogP contribution in [0.2, 0.25) is 0 Å². The number of nitrogens with two attached hydrogens (primary N) is 1. The van der Waals surface area contributed by atoms with Crippen molar-refractivity contribution in [3.8, 4) is 0 Å². The van der Waals surface area contributed by atoms with Crippen LogP contribution < -0.4 is 11.1 Å². The summed E-state index contributed by atoms with van der Waals surface area (Å²) < 4.78 is 0. The van der Waals surface area contributed by atoms with Crippen molar-refractivity contribution in [2.75, 3.05) is 5.32 Å². The maximum Gasteiger partial charge on any atom is 0.224 e. The summed E-state index contributed by atoms with van der Waals surface area (Å²) in [5.74, 6) is 0.495. The summed E-state index contributed by atoms with van der Waals surface area (Å²) in [4.78, 5) is 19.2. The standard InChI is InChI=1S/C28H30N4O/c1-3-12-26(33)30-24-18-11-13-21(19-24)20-32-25(4-2)28(31-27(32)29,22-14-7-5-8-15-22)23-16-9-6-10-17-23/h4-11,13-19H,3,12,20H2,1-2H3,(H2,29,31)(H,30,33)/b25-4+. The molecule has 0 aliphatic carbocycles. The molecular weight excluding hydrogens is 408 g/mol. The molecule has 0 aromatic heterocycles. The number of amides is 1. The van der Waals surface area contributed by atoms with Gasteiger partial charge in [-0.25, -0.2) is 4.99 Å². The number of carbonyl (C=O) groups is 1. The van der Waals surface area contributed by atoms with Crippen LogP contribution in [0, 0.1) is 0 Å². The minimum atomic E-state index is -0.714. The second-order valence-corrected chi connectivity index (χ2v) is 8.17. The molecule has 0 saturated carbocycles. The first-order valence-electron chi connectivity index (χ1n) is 11.4. The van der Waals surface area contributed by atoms with Crippen LogP contribution in [0.15, 0.2) is 102 Å². The molecule has 3 N–H and O–H groups in total. The number of allylic oxidation sites excluding steroid dienone is 1. The Labute approximate surface area is 195 Å². The predicted molar refractivity (Wildman–Crippen MR) is 135 cm³/mol. The highest BCUT2D eigenvalue weighted by Crippen LogP contribution is 2.46. The number of carbonyl (C=O) groups excluding carboxylic acids is 1. The first kappa shape index (κ1) is 22.3. The van der Waals surface area contributed by atoms with Crippen molar-refractivity contribution < 1.29 is 4.79 Å². The number of rotatable bonds is 7. The Bertz CT molecular complexity index is 1130. The number of hydrogen-bond donors (Lipinski definition) is 2. The molecule has 3 aromatic rings. The summed E-state index contributed by atoms with van der Waals surface area (Å²) in [5.41, 5.74) is 10.8. The van der Waals surface area contributed by atoms with Gasteiger partial charge in [0.05, 0.1) is 12.2 Å². The van der Waals surface area contributed by atoms with E-state index >= 15 is 0 Å². The van der Waals surface area contributed by atoms with Crippen molar-refractivity contribution in [2.45, 2.75) is 38.8 Å². The molecule has 0 atom stereocenters. The van der Waals surface area contributed by atoms with Crippen molar-refractivity contribution in [1.29, 1.82) is 0 Å². The number of aliphatic imine (C=N–C) groups is 1. The van der Waals surface area contributed by atoms with E-state index in [1.54, 1.807) is 0 Å². The zero-order valence-electron chi connectivity index (χ0n) is 19.2. The topological polar surface area (TPSA) is 70.7 Å². The lowest BCUT2D eigenvalue weighted by Crippen LogP contribution is -2.35. The van der Waals surface area contributed by atoms with Crippen LogP contribution in [0.3, 0.4) is 0 Å². The minimum absolute atomic E-state index is 0.0261. The number of hydrogen-bond acceptors (Lipinski definition) is 4. The Morgan fingerprint density at radius 2 is 1.64 bits per heavy atom.